The molecule has 2 amide bonds. The molecule has 0 radical (unpaired) electrons. The second-order valence-corrected chi connectivity index (χ2v) is 5.50. The molecule has 0 bridgehead atoms. The molecule has 2 rings (SSSR count). The molecule has 25 heavy (non-hydrogen) atoms. The molecule has 0 saturated heterocycles. The first-order chi connectivity index (χ1) is 11.8. The zero-order valence-corrected chi connectivity index (χ0v) is 14.2. The van der Waals surface area contributed by atoms with Crippen LogP contribution in [-0.4, -0.2) is 23.8 Å². The number of nitro groups is 1. The summed E-state index contributed by atoms with van der Waals surface area (Å²) in [6.45, 7) is 0. The topological polar surface area (TPSA) is 111 Å². The van der Waals surface area contributed by atoms with Gasteiger partial charge in [0.2, 0.25) is 0 Å². The first-order valence-corrected chi connectivity index (χ1v) is 7.47. The number of benzene rings is 2. The molecule has 0 aliphatic heterocycles. The SMILES string of the molecule is COc1c(Cl)cc(C(=O)NNC(=O)c2ccc([N+](=O)[O-])cc2)cc1Cl. The predicted molar refractivity (Wildman–Crippen MR) is 91.0 cm³/mol. The second-order valence-electron chi connectivity index (χ2n) is 4.69. The highest BCUT2D eigenvalue weighted by atomic mass is 35.5. The van der Waals surface area contributed by atoms with Gasteiger partial charge in [0, 0.05) is 23.3 Å². The van der Waals surface area contributed by atoms with Gasteiger partial charge in [0.1, 0.15) is 0 Å². The van der Waals surface area contributed by atoms with Gasteiger partial charge in [-0.25, -0.2) is 0 Å². The van der Waals surface area contributed by atoms with Crippen molar-refractivity contribution in [3.63, 3.8) is 0 Å². The quantitative estimate of drug-likeness (QED) is 0.622. The van der Waals surface area contributed by atoms with E-state index in [1.807, 2.05) is 0 Å². The molecule has 8 nitrogen and oxygen atoms in total. The number of halogens is 2. The summed E-state index contributed by atoms with van der Waals surface area (Å²) in [4.78, 5) is 34.0. The van der Waals surface area contributed by atoms with Gasteiger partial charge in [-0.2, -0.15) is 0 Å². The fourth-order valence-corrected chi connectivity index (χ4v) is 2.52. The Balaban J connectivity index is 2.04. The van der Waals surface area contributed by atoms with Gasteiger partial charge in [-0.05, 0) is 24.3 Å². The Hall–Kier alpha value is -2.84. The van der Waals surface area contributed by atoms with E-state index in [0.717, 1.165) is 0 Å². The Bertz CT molecular complexity index is 817. The molecule has 0 spiro atoms. The molecular formula is C15H11Cl2N3O5. The third-order valence-electron chi connectivity index (χ3n) is 3.09. The Kier molecular flexibility index (Phi) is 5.79. The highest BCUT2D eigenvalue weighted by Gasteiger charge is 2.15. The number of non-ortho nitro benzene ring substituents is 1. The number of amides is 2. The van der Waals surface area contributed by atoms with Gasteiger partial charge >= 0.3 is 0 Å². The summed E-state index contributed by atoms with van der Waals surface area (Å²) in [7, 11) is 1.39. The predicted octanol–water partition coefficient (Wildman–Crippen LogP) is 2.99. The van der Waals surface area contributed by atoms with Crippen molar-refractivity contribution in [2.45, 2.75) is 0 Å². The van der Waals surface area contributed by atoms with Crippen LogP contribution in [0.4, 0.5) is 5.69 Å². The van der Waals surface area contributed by atoms with Gasteiger partial charge < -0.3 is 4.74 Å². The average Bonchev–Trinajstić information content (AvgIpc) is 2.59. The van der Waals surface area contributed by atoms with Crippen LogP contribution in [0.5, 0.6) is 5.75 Å². The molecule has 2 aromatic carbocycles. The molecule has 0 heterocycles. The van der Waals surface area contributed by atoms with Crippen LogP contribution in [-0.2, 0) is 0 Å². The van der Waals surface area contributed by atoms with Crippen LogP contribution in [0.15, 0.2) is 36.4 Å². The molecule has 0 atom stereocenters. The smallest absolute Gasteiger partial charge is 0.269 e. The Morgan fingerprint density at radius 2 is 1.48 bits per heavy atom. The Labute approximate surface area is 151 Å². The van der Waals surface area contributed by atoms with E-state index in [0.29, 0.717) is 0 Å². The molecule has 0 fully saturated rings. The van der Waals surface area contributed by atoms with Gasteiger partial charge in [-0.1, -0.05) is 23.2 Å². The molecule has 0 unspecified atom stereocenters. The number of hydrazine groups is 1. The van der Waals surface area contributed by atoms with E-state index in [-0.39, 0.29) is 32.6 Å². The number of ether oxygens (including phenoxy) is 1. The third kappa shape index (κ3) is 4.37. The summed E-state index contributed by atoms with van der Waals surface area (Å²) in [6, 6.07) is 7.56. The highest BCUT2D eigenvalue weighted by molar-refractivity contribution is 6.37. The number of hydrogen-bond acceptors (Lipinski definition) is 5. The van der Waals surface area contributed by atoms with Crippen molar-refractivity contribution >= 4 is 40.7 Å². The Morgan fingerprint density at radius 1 is 1.00 bits per heavy atom. The summed E-state index contributed by atoms with van der Waals surface area (Å²) < 4.78 is 4.98. The number of nitrogens with zero attached hydrogens (tertiary/aromatic N) is 1. The van der Waals surface area contributed by atoms with Crippen LogP contribution in [0.2, 0.25) is 10.0 Å². The summed E-state index contributed by atoms with van der Waals surface area (Å²) in [5.41, 5.74) is 4.48. The molecule has 0 aliphatic carbocycles. The monoisotopic (exact) mass is 383 g/mol. The maximum atomic E-state index is 12.1. The summed E-state index contributed by atoms with van der Waals surface area (Å²) in [5, 5.41) is 10.9. The lowest BCUT2D eigenvalue weighted by Gasteiger charge is -2.10. The molecule has 0 saturated carbocycles. The maximum absolute atomic E-state index is 12.1. The lowest BCUT2D eigenvalue weighted by Crippen LogP contribution is -2.41. The second kappa shape index (κ2) is 7.82. The molecule has 2 aromatic rings. The fourth-order valence-electron chi connectivity index (χ4n) is 1.88. The van der Waals surface area contributed by atoms with Crippen LogP contribution in [0, 0.1) is 10.1 Å². The maximum Gasteiger partial charge on any atom is 0.269 e. The number of nitrogens with one attached hydrogen (secondary N) is 2. The largest absolute Gasteiger partial charge is 0.494 e. The lowest BCUT2D eigenvalue weighted by molar-refractivity contribution is -0.384. The van der Waals surface area contributed by atoms with Gasteiger partial charge in [-0.3, -0.25) is 30.6 Å². The first kappa shape index (κ1) is 18.5. The number of hydrogen-bond donors (Lipinski definition) is 2. The van der Waals surface area contributed by atoms with E-state index in [9.17, 15) is 19.7 Å². The normalized spacial score (nSPS) is 10.0. The van der Waals surface area contributed by atoms with Crippen LogP contribution in [0.25, 0.3) is 0 Å². The van der Waals surface area contributed by atoms with E-state index in [4.69, 9.17) is 27.9 Å². The van der Waals surface area contributed by atoms with Crippen molar-refractivity contribution in [2.24, 2.45) is 0 Å². The van der Waals surface area contributed by atoms with E-state index >= 15 is 0 Å². The van der Waals surface area contributed by atoms with Crippen molar-refractivity contribution in [3.8, 4) is 5.75 Å². The first-order valence-electron chi connectivity index (χ1n) is 6.71. The molecule has 2 N–H and O–H groups in total. The van der Waals surface area contributed by atoms with E-state index in [1.54, 1.807) is 0 Å². The van der Waals surface area contributed by atoms with E-state index < -0.39 is 16.7 Å². The minimum absolute atomic E-state index is 0.111. The van der Waals surface area contributed by atoms with Crippen molar-refractivity contribution in [3.05, 3.63) is 67.7 Å². The number of rotatable bonds is 4. The van der Waals surface area contributed by atoms with Crippen molar-refractivity contribution in [2.75, 3.05) is 7.11 Å². The van der Waals surface area contributed by atoms with Crippen LogP contribution in [0.1, 0.15) is 20.7 Å². The number of methoxy groups -OCH3 is 1. The van der Waals surface area contributed by atoms with E-state index in [1.165, 1.54) is 43.5 Å². The minimum atomic E-state index is -0.651. The summed E-state index contributed by atoms with van der Waals surface area (Å²) >= 11 is 11.9. The lowest BCUT2D eigenvalue weighted by atomic mass is 10.2. The molecule has 10 heteroatoms. The van der Waals surface area contributed by atoms with Gasteiger partial charge in [0.05, 0.1) is 22.1 Å². The minimum Gasteiger partial charge on any atom is -0.494 e. The zero-order chi connectivity index (χ0) is 18.6. The van der Waals surface area contributed by atoms with Crippen molar-refractivity contribution in [1.29, 1.82) is 0 Å². The van der Waals surface area contributed by atoms with Gasteiger partial charge in [0.25, 0.3) is 17.5 Å². The molecule has 130 valence electrons. The average molecular weight is 384 g/mol. The summed E-state index contributed by atoms with van der Waals surface area (Å²) in [5.74, 6) is -1.06. The van der Waals surface area contributed by atoms with Crippen LogP contribution >= 0.6 is 23.2 Å². The standard InChI is InChI=1S/C15H11Cl2N3O5/c1-25-13-11(16)6-9(7-12(13)17)15(22)19-18-14(21)8-2-4-10(5-3-8)20(23)24/h2-7H,1H3,(H,18,21)(H,19,22). The summed E-state index contributed by atoms with van der Waals surface area (Å²) in [6.07, 6.45) is 0. The van der Waals surface area contributed by atoms with Gasteiger partial charge in [0.15, 0.2) is 5.75 Å². The number of carbonyl (C=O) groups is 2. The van der Waals surface area contributed by atoms with E-state index in [2.05, 4.69) is 10.9 Å². The molecular weight excluding hydrogens is 373 g/mol. The molecule has 0 aromatic heterocycles. The highest BCUT2D eigenvalue weighted by Crippen LogP contribution is 2.33. The fraction of sp³-hybridized carbons (Fsp3) is 0.0667. The third-order valence-corrected chi connectivity index (χ3v) is 3.66. The zero-order valence-electron chi connectivity index (χ0n) is 12.7. The number of nitro benzene ring substituents is 1. The van der Waals surface area contributed by atoms with Crippen molar-refractivity contribution in [1.82, 2.24) is 10.9 Å². The van der Waals surface area contributed by atoms with Crippen molar-refractivity contribution < 1.29 is 19.2 Å². The Morgan fingerprint density at radius 3 is 1.92 bits per heavy atom. The van der Waals surface area contributed by atoms with Crippen LogP contribution in [0.3, 0.4) is 0 Å². The number of carbonyl (C=O) groups excluding carboxylic acids is 2. The molecule has 0 aliphatic rings. The van der Waals surface area contributed by atoms with Crippen LogP contribution < -0.4 is 15.6 Å². The van der Waals surface area contributed by atoms with Gasteiger partial charge in [-0.15, -0.1) is 0 Å².